The van der Waals surface area contributed by atoms with Gasteiger partial charge in [-0.15, -0.1) is 0 Å². The maximum absolute atomic E-state index is 11.6. The topological polar surface area (TPSA) is 94.0 Å². The highest BCUT2D eigenvalue weighted by Gasteiger charge is 2.33. The molecular formula is C23H33BN4O. The molecule has 2 aliphatic heterocycles. The first-order valence-electron chi connectivity index (χ1n) is 10.4. The van der Waals surface area contributed by atoms with Crippen LogP contribution in [0.15, 0.2) is 42.6 Å². The number of nitrogens with zero attached hydrogens (tertiary/aromatic N) is 1. The second-order valence-corrected chi connectivity index (χ2v) is 7.21. The Morgan fingerprint density at radius 1 is 1.24 bits per heavy atom. The third-order valence-corrected chi connectivity index (χ3v) is 5.36. The van der Waals surface area contributed by atoms with Crippen LogP contribution in [0.4, 0.5) is 0 Å². The van der Waals surface area contributed by atoms with E-state index in [1.165, 1.54) is 11.1 Å². The Morgan fingerprint density at radius 3 is 2.62 bits per heavy atom. The van der Waals surface area contributed by atoms with Gasteiger partial charge in [-0.2, -0.15) is 0 Å². The Balaban J connectivity index is 0.000000203. The molecule has 1 atom stereocenters. The summed E-state index contributed by atoms with van der Waals surface area (Å²) >= 11 is 0. The summed E-state index contributed by atoms with van der Waals surface area (Å²) < 4.78 is 0. The Morgan fingerprint density at radius 2 is 1.97 bits per heavy atom. The van der Waals surface area contributed by atoms with Crippen molar-refractivity contribution in [2.45, 2.75) is 59.5 Å². The van der Waals surface area contributed by atoms with Crippen molar-refractivity contribution >= 4 is 12.5 Å². The van der Waals surface area contributed by atoms with Crippen molar-refractivity contribution in [2.24, 2.45) is 11.5 Å². The predicted octanol–water partition coefficient (Wildman–Crippen LogP) is 2.92. The fourth-order valence-corrected chi connectivity index (χ4v) is 3.87. The highest BCUT2D eigenvalue weighted by Crippen LogP contribution is 2.26. The van der Waals surface area contributed by atoms with Gasteiger partial charge >= 0.3 is 0 Å². The van der Waals surface area contributed by atoms with Crippen molar-refractivity contribution in [1.82, 2.24) is 10.3 Å². The second-order valence-electron chi connectivity index (χ2n) is 7.21. The normalized spacial score (nSPS) is 15.8. The molecule has 4 rings (SSSR count). The number of carbonyl (C=O) groups is 1. The summed E-state index contributed by atoms with van der Waals surface area (Å²) in [5.74, 6) is 2.95. The molecule has 1 aromatic heterocycles. The molecule has 0 radical (unpaired) electrons. The predicted molar refractivity (Wildman–Crippen MR) is 122 cm³/mol. The van der Waals surface area contributed by atoms with Crippen LogP contribution >= 0.6 is 0 Å². The first kappa shape index (κ1) is 22.8. The van der Waals surface area contributed by atoms with Gasteiger partial charge < -0.3 is 16.8 Å². The minimum absolute atomic E-state index is 0.185. The van der Waals surface area contributed by atoms with Crippen LogP contribution in [0.5, 0.6) is 0 Å². The standard InChI is InChI=1S/C13H14BNO.C8H13N3.C2H6/c1-9(16)11-4-2-3-10-7-13-14(5-6-15-13)8-12(10)11;1-6-2-7(3-9)8(4-10)5-11-6;1-2/h2-6,13,15H,7-8H2,1H3;2,5H,3-4,9-10H2,1H3;1-2H3. The summed E-state index contributed by atoms with van der Waals surface area (Å²) in [6.07, 6.45) is 5.87. The summed E-state index contributed by atoms with van der Waals surface area (Å²) in [4.78, 5) is 15.7. The van der Waals surface area contributed by atoms with Gasteiger partial charge in [-0.3, -0.25) is 9.78 Å². The SMILES string of the molecule is CC.CC(=O)c1cccc2c1CB1C=CNC1C2.Cc1cc(CN)c(CN)cn1. The molecule has 5 N–H and O–H groups in total. The Labute approximate surface area is 175 Å². The summed E-state index contributed by atoms with van der Waals surface area (Å²) in [5.41, 5.74) is 17.6. The number of hydrogen-bond donors (Lipinski definition) is 3. The van der Waals surface area contributed by atoms with E-state index >= 15 is 0 Å². The Hall–Kier alpha value is -2.44. The number of Topliss-reactive ketones (excluding diaryl/α,β-unsaturated/α-hetero) is 1. The van der Waals surface area contributed by atoms with Gasteiger partial charge in [-0.1, -0.05) is 38.0 Å². The van der Waals surface area contributed by atoms with Gasteiger partial charge in [0.2, 0.25) is 0 Å². The van der Waals surface area contributed by atoms with Gasteiger partial charge in [0.1, 0.15) is 0 Å². The zero-order valence-corrected chi connectivity index (χ0v) is 18.0. The van der Waals surface area contributed by atoms with Crippen molar-refractivity contribution in [3.63, 3.8) is 0 Å². The van der Waals surface area contributed by atoms with Crippen LogP contribution in [0.3, 0.4) is 0 Å². The quantitative estimate of drug-likeness (QED) is 0.552. The largest absolute Gasteiger partial charge is 0.396 e. The number of aromatic nitrogens is 1. The molecule has 0 saturated heterocycles. The molecule has 0 fully saturated rings. The van der Waals surface area contributed by atoms with Crippen LogP contribution < -0.4 is 16.8 Å². The van der Waals surface area contributed by atoms with Crippen LogP contribution in [0.1, 0.15) is 59.1 Å². The van der Waals surface area contributed by atoms with E-state index in [4.69, 9.17) is 11.5 Å². The third kappa shape index (κ3) is 5.55. The molecule has 2 aliphatic rings. The average Bonchev–Trinajstić information content (AvgIpc) is 3.20. The number of pyridine rings is 1. The molecule has 5 nitrogen and oxygen atoms in total. The number of nitrogens with one attached hydrogen (secondary N) is 1. The summed E-state index contributed by atoms with van der Waals surface area (Å²) in [5, 5.41) is 3.38. The number of fused-ring (bicyclic) bond motifs is 2. The van der Waals surface area contributed by atoms with Crippen molar-refractivity contribution in [3.05, 3.63) is 76.1 Å². The van der Waals surface area contributed by atoms with Crippen LogP contribution in [-0.2, 0) is 25.8 Å². The van der Waals surface area contributed by atoms with Gasteiger partial charge in [0.15, 0.2) is 12.5 Å². The Bertz CT molecular complexity index is 866. The number of carbonyl (C=O) groups excluding carboxylic acids is 1. The molecule has 0 aliphatic carbocycles. The first-order valence-corrected chi connectivity index (χ1v) is 10.4. The number of hydrogen-bond acceptors (Lipinski definition) is 5. The molecule has 0 bridgehead atoms. The lowest BCUT2D eigenvalue weighted by molar-refractivity contribution is 0.101. The van der Waals surface area contributed by atoms with E-state index in [0.29, 0.717) is 25.7 Å². The van der Waals surface area contributed by atoms with Crippen LogP contribution in [-0.4, -0.2) is 23.4 Å². The molecule has 1 unspecified atom stereocenters. The van der Waals surface area contributed by atoms with E-state index in [0.717, 1.165) is 35.1 Å². The number of benzene rings is 1. The molecule has 0 saturated carbocycles. The van der Waals surface area contributed by atoms with Crippen LogP contribution in [0, 0.1) is 6.92 Å². The van der Waals surface area contributed by atoms with Crippen LogP contribution in [0.25, 0.3) is 0 Å². The number of aryl methyl sites for hydroxylation is 1. The minimum atomic E-state index is 0.185. The smallest absolute Gasteiger partial charge is 0.198 e. The van der Waals surface area contributed by atoms with E-state index in [-0.39, 0.29) is 5.78 Å². The first-order chi connectivity index (χ1) is 14.0. The van der Waals surface area contributed by atoms with Crippen molar-refractivity contribution in [2.75, 3.05) is 0 Å². The second kappa shape index (κ2) is 10.9. The molecule has 0 amide bonds. The van der Waals surface area contributed by atoms with Crippen LogP contribution in [0.2, 0.25) is 0 Å². The van der Waals surface area contributed by atoms with Crippen molar-refractivity contribution in [1.29, 1.82) is 0 Å². The maximum atomic E-state index is 11.6. The zero-order chi connectivity index (χ0) is 21.4. The van der Waals surface area contributed by atoms with Gasteiger partial charge in [0.05, 0.1) is 0 Å². The lowest BCUT2D eigenvalue weighted by Gasteiger charge is -2.27. The molecular weight excluding hydrogens is 359 g/mol. The highest BCUT2D eigenvalue weighted by atomic mass is 16.1. The van der Waals surface area contributed by atoms with Crippen molar-refractivity contribution in [3.8, 4) is 0 Å². The van der Waals surface area contributed by atoms with Gasteiger partial charge in [0.25, 0.3) is 0 Å². The lowest BCUT2D eigenvalue weighted by atomic mass is 9.39. The molecule has 154 valence electrons. The number of ketones is 1. The molecule has 1 aromatic carbocycles. The number of nitrogens with two attached hydrogens (primary N) is 2. The molecule has 29 heavy (non-hydrogen) atoms. The fraction of sp³-hybridized carbons (Fsp3) is 0.391. The van der Waals surface area contributed by atoms with Gasteiger partial charge in [-0.25, -0.2) is 0 Å². The van der Waals surface area contributed by atoms with Gasteiger partial charge in [-0.05, 0) is 61.1 Å². The van der Waals surface area contributed by atoms with Gasteiger partial charge in [0, 0.05) is 36.5 Å². The Kier molecular flexibility index (Phi) is 8.61. The number of rotatable bonds is 3. The molecule has 2 aromatic rings. The molecule has 6 heteroatoms. The van der Waals surface area contributed by atoms with E-state index < -0.39 is 0 Å². The maximum Gasteiger partial charge on any atom is 0.198 e. The van der Waals surface area contributed by atoms with E-state index in [2.05, 4.69) is 28.5 Å². The summed E-state index contributed by atoms with van der Waals surface area (Å²) in [7, 11) is 0. The minimum Gasteiger partial charge on any atom is -0.396 e. The average molecular weight is 392 g/mol. The van der Waals surface area contributed by atoms with Crippen molar-refractivity contribution < 1.29 is 4.79 Å². The fourth-order valence-electron chi connectivity index (χ4n) is 3.87. The summed E-state index contributed by atoms with van der Waals surface area (Å²) in [6.45, 7) is 9.22. The summed E-state index contributed by atoms with van der Waals surface area (Å²) in [6, 6.07) is 8.08. The highest BCUT2D eigenvalue weighted by molar-refractivity contribution is 6.66. The molecule has 0 spiro atoms. The molecule has 3 heterocycles. The monoisotopic (exact) mass is 392 g/mol. The lowest BCUT2D eigenvalue weighted by Crippen LogP contribution is -2.42. The van der Waals surface area contributed by atoms with E-state index in [1.807, 2.05) is 39.0 Å². The zero-order valence-electron chi connectivity index (χ0n) is 18.0. The van der Waals surface area contributed by atoms with E-state index in [1.54, 1.807) is 13.1 Å². The third-order valence-electron chi connectivity index (χ3n) is 5.36. The van der Waals surface area contributed by atoms with E-state index in [9.17, 15) is 4.79 Å².